The minimum Gasteiger partial charge on any atom is -0.322 e. The van der Waals surface area contributed by atoms with E-state index in [1.807, 2.05) is 23.1 Å². The maximum absolute atomic E-state index is 12.0. The summed E-state index contributed by atoms with van der Waals surface area (Å²) in [7, 11) is 0. The van der Waals surface area contributed by atoms with E-state index in [4.69, 9.17) is 0 Å². The van der Waals surface area contributed by atoms with Gasteiger partial charge >= 0.3 is 6.03 Å². The van der Waals surface area contributed by atoms with Crippen LogP contribution in [0.15, 0.2) is 24.3 Å². The van der Waals surface area contributed by atoms with Crippen LogP contribution < -0.4 is 10.6 Å². The third-order valence-corrected chi connectivity index (χ3v) is 3.21. The number of piperazine rings is 1. The number of rotatable bonds is 2. The molecule has 0 aromatic heterocycles. The van der Waals surface area contributed by atoms with Crippen LogP contribution in [0.4, 0.5) is 10.5 Å². The standard InChI is InChI=1S/C14H21N3O/c1-11(2)12-4-3-5-13(10-12)16-14(18)17-8-6-15-7-9-17/h3-5,10-11,15H,6-9H2,1-2H3,(H,16,18). The second kappa shape index (κ2) is 5.87. The number of carbonyl (C=O) groups excluding carboxylic acids is 1. The molecule has 1 saturated heterocycles. The first-order valence-electron chi connectivity index (χ1n) is 6.53. The summed E-state index contributed by atoms with van der Waals surface area (Å²) in [6.07, 6.45) is 0. The highest BCUT2D eigenvalue weighted by atomic mass is 16.2. The van der Waals surface area contributed by atoms with Crippen LogP contribution in [0.2, 0.25) is 0 Å². The van der Waals surface area contributed by atoms with Crippen molar-refractivity contribution in [1.29, 1.82) is 0 Å². The van der Waals surface area contributed by atoms with E-state index in [2.05, 4.69) is 30.5 Å². The van der Waals surface area contributed by atoms with Gasteiger partial charge in [-0.15, -0.1) is 0 Å². The third kappa shape index (κ3) is 3.23. The zero-order chi connectivity index (χ0) is 13.0. The van der Waals surface area contributed by atoms with Crippen molar-refractivity contribution in [3.8, 4) is 0 Å². The van der Waals surface area contributed by atoms with Crippen molar-refractivity contribution in [2.75, 3.05) is 31.5 Å². The molecule has 1 aromatic carbocycles. The van der Waals surface area contributed by atoms with Gasteiger partial charge in [-0.2, -0.15) is 0 Å². The van der Waals surface area contributed by atoms with Gasteiger partial charge < -0.3 is 15.5 Å². The summed E-state index contributed by atoms with van der Waals surface area (Å²) in [5, 5.41) is 6.20. The molecule has 0 spiro atoms. The molecule has 18 heavy (non-hydrogen) atoms. The van der Waals surface area contributed by atoms with Crippen molar-refractivity contribution in [2.24, 2.45) is 0 Å². The lowest BCUT2D eigenvalue weighted by atomic mass is 10.0. The number of urea groups is 1. The van der Waals surface area contributed by atoms with E-state index < -0.39 is 0 Å². The third-order valence-electron chi connectivity index (χ3n) is 3.21. The summed E-state index contributed by atoms with van der Waals surface area (Å²) in [5.41, 5.74) is 2.12. The maximum Gasteiger partial charge on any atom is 0.321 e. The van der Waals surface area contributed by atoms with Gasteiger partial charge in [0.15, 0.2) is 0 Å². The Kier molecular flexibility index (Phi) is 4.20. The van der Waals surface area contributed by atoms with E-state index in [-0.39, 0.29) is 6.03 Å². The van der Waals surface area contributed by atoms with E-state index in [9.17, 15) is 4.79 Å². The zero-order valence-corrected chi connectivity index (χ0v) is 11.1. The number of amides is 2. The van der Waals surface area contributed by atoms with E-state index in [1.165, 1.54) is 5.56 Å². The molecule has 0 aliphatic carbocycles. The lowest BCUT2D eigenvalue weighted by Gasteiger charge is -2.27. The van der Waals surface area contributed by atoms with Crippen LogP contribution >= 0.6 is 0 Å². The molecule has 1 aromatic rings. The van der Waals surface area contributed by atoms with Crippen molar-refractivity contribution in [3.05, 3.63) is 29.8 Å². The molecule has 0 radical (unpaired) electrons. The second-order valence-corrected chi connectivity index (χ2v) is 4.95. The summed E-state index contributed by atoms with van der Waals surface area (Å²) in [5.74, 6) is 0.473. The van der Waals surface area contributed by atoms with E-state index in [0.717, 1.165) is 31.9 Å². The van der Waals surface area contributed by atoms with Crippen LogP contribution in [0.3, 0.4) is 0 Å². The Morgan fingerprint density at radius 3 is 2.72 bits per heavy atom. The second-order valence-electron chi connectivity index (χ2n) is 4.95. The predicted molar refractivity (Wildman–Crippen MR) is 74.0 cm³/mol. The average Bonchev–Trinajstić information content (AvgIpc) is 2.40. The van der Waals surface area contributed by atoms with Crippen LogP contribution in [0.5, 0.6) is 0 Å². The number of carbonyl (C=O) groups is 1. The van der Waals surface area contributed by atoms with Crippen LogP contribution in [0, 0.1) is 0 Å². The molecular formula is C14H21N3O. The van der Waals surface area contributed by atoms with Crippen molar-refractivity contribution in [3.63, 3.8) is 0 Å². The fraction of sp³-hybridized carbons (Fsp3) is 0.500. The molecule has 0 atom stereocenters. The molecule has 0 saturated carbocycles. The molecule has 4 nitrogen and oxygen atoms in total. The fourth-order valence-electron chi connectivity index (χ4n) is 2.05. The smallest absolute Gasteiger partial charge is 0.321 e. The van der Waals surface area contributed by atoms with Gasteiger partial charge in [0.05, 0.1) is 0 Å². The van der Waals surface area contributed by atoms with Crippen LogP contribution in [-0.4, -0.2) is 37.1 Å². The molecule has 1 aliphatic heterocycles. The van der Waals surface area contributed by atoms with Gasteiger partial charge in [-0.25, -0.2) is 4.79 Å². The van der Waals surface area contributed by atoms with Gasteiger partial charge in [0.25, 0.3) is 0 Å². The molecule has 98 valence electrons. The molecule has 2 amide bonds. The highest BCUT2D eigenvalue weighted by Crippen LogP contribution is 2.18. The van der Waals surface area contributed by atoms with Gasteiger partial charge in [-0.05, 0) is 23.6 Å². The zero-order valence-electron chi connectivity index (χ0n) is 11.1. The Labute approximate surface area is 108 Å². The Morgan fingerprint density at radius 1 is 1.33 bits per heavy atom. The molecule has 2 rings (SSSR count). The fourth-order valence-corrected chi connectivity index (χ4v) is 2.05. The molecular weight excluding hydrogens is 226 g/mol. The molecule has 1 aliphatic rings. The van der Waals surface area contributed by atoms with Gasteiger partial charge in [0.1, 0.15) is 0 Å². The molecule has 1 heterocycles. The summed E-state index contributed by atoms with van der Waals surface area (Å²) >= 11 is 0. The highest BCUT2D eigenvalue weighted by molar-refractivity contribution is 5.89. The lowest BCUT2D eigenvalue weighted by Crippen LogP contribution is -2.48. The first-order valence-corrected chi connectivity index (χ1v) is 6.53. The van der Waals surface area contributed by atoms with Crippen LogP contribution in [0.1, 0.15) is 25.3 Å². The predicted octanol–water partition coefficient (Wildman–Crippen LogP) is 2.25. The molecule has 4 heteroatoms. The summed E-state index contributed by atoms with van der Waals surface area (Å²) < 4.78 is 0. The van der Waals surface area contributed by atoms with Crippen molar-refractivity contribution in [1.82, 2.24) is 10.2 Å². The number of nitrogens with one attached hydrogen (secondary N) is 2. The largest absolute Gasteiger partial charge is 0.322 e. The van der Waals surface area contributed by atoms with Gasteiger partial charge in [0.2, 0.25) is 0 Å². The average molecular weight is 247 g/mol. The number of anilines is 1. The van der Waals surface area contributed by atoms with Crippen LogP contribution in [-0.2, 0) is 0 Å². The van der Waals surface area contributed by atoms with Crippen molar-refractivity contribution in [2.45, 2.75) is 19.8 Å². The van der Waals surface area contributed by atoms with Crippen LogP contribution in [0.25, 0.3) is 0 Å². The topological polar surface area (TPSA) is 44.4 Å². The molecule has 1 fully saturated rings. The summed E-state index contributed by atoms with van der Waals surface area (Å²) in [6, 6.07) is 8.06. The number of nitrogens with zero attached hydrogens (tertiary/aromatic N) is 1. The first kappa shape index (κ1) is 12.9. The Morgan fingerprint density at radius 2 is 2.06 bits per heavy atom. The molecule has 0 bridgehead atoms. The highest BCUT2D eigenvalue weighted by Gasteiger charge is 2.16. The Bertz CT molecular complexity index is 411. The number of benzene rings is 1. The summed E-state index contributed by atoms with van der Waals surface area (Å²) in [6.45, 7) is 7.60. The van der Waals surface area contributed by atoms with Gasteiger partial charge in [0, 0.05) is 31.9 Å². The molecule has 0 unspecified atom stereocenters. The monoisotopic (exact) mass is 247 g/mol. The number of hydrogen-bond donors (Lipinski definition) is 2. The van der Waals surface area contributed by atoms with E-state index in [0.29, 0.717) is 5.92 Å². The normalized spacial score (nSPS) is 15.8. The van der Waals surface area contributed by atoms with E-state index in [1.54, 1.807) is 0 Å². The molecule has 2 N–H and O–H groups in total. The SMILES string of the molecule is CC(C)c1cccc(NC(=O)N2CCNCC2)c1. The van der Waals surface area contributed by atoms with Gasteiger partial charge in [-0.3, -0.25) is 0 Å². The van der Waals surface area contributed by atoms with Crippen molar-refractivity contribution < 1.29 is 4.79 Å². The van der Waals surface area contributed by atoms with Gasteiger partial charge in [-0.1, -0.05) is 26.0 Å². The lowest BCUT2D eigenvalue weighted by molar-refractivity contribution is 0.204. The first-order chi connectivity index (χ1) is 8.66. The summed E-state index contributed by atoms with van der Waals surface area (Å²) in [4.78, 5) is 13.9. The quantitative estimate of drug-likeness (QED) is 0.842. The number of hydrogen-bond acceptors (Lipinski definition) is 2. The maximum atomic E-state index is 12.0. The Hall–Kier alpha value is -1.55. The Balaban J connectivity index is 1.99. The van der Waals surface area contributed by atoms with Crippen molar-refractivity contribution >= 4 is 11.7 Å². The minimum absolute atomic E-state index is 0.00240. The minimum atomic E-state index is -0.00240. The van der Waals surface area contributed by atoms with E-state index >= 15 is 0 Å².